The van der Waals surface area contributed by atoms with E-state index in [9.17, 15) is 4.79 Å². The van der Waals surface area contributed by atoms with E-state index in [2.05, 4.69) is 5.32 Å². The van der Waals surface area contributed by atoms with E-state index in [0.717, 1.165) is 37.9 Å². The number of nitrogens with one attached hydrogen (secondary N) is 1. The Labute approximate surface area is 131 Å². The summed E-state index contributed by atoms with van der Waals surface area (Å²) in [5, 5.41) is 4.06. The quantitative estimate of drug-likeness (QED) is 0.922. The highest BCUT2D eigenvalue weighted by Gasteiger charge is 2.32. The third kappa shape index (κ3) is 3.41. The van der Waals surface area contributed by atoms with Gasteiger partial charge in [0.25, 0.3) is 0 Å². The molecule has 1 N–H and O–H groups in total. The zero-order chi connectivity index (χ0) is 14.7. The molecule has 1 aromatic carbocycles. The Hall–Kier alpha value is -1.06. The molecule has 114 valence electrons. The van der Waals surface area contributed by atoms with Crippen LogP contribution < -0.4 is 10.2 Å². The first kappa shape index (κ1) is 14.9. The number of rotatable bonds is 3. The summed E-state index contributed by atoms with van der Waals surface area (Å²) in [6, 6.07) is 8.04. The van der Waals surface area contributed by atoms with E-state index < -0.39 is 0 Å². The molecule has 2 aliphatic rings. The molecule has 1 heterocycles. The highest BCUT2D eigenvalue weighted by molar-refractivity contribution is 6.30. The number of benzene rings is 1. The SMILES string of the molecule is O=C([C@@H]1CCCN1)N(c1ccc(Cl)cc1)C1CCCCC1. The Kier molecular flexibility index (Phi) is 4.81. The fourth-order valence-corrected chi connectivity index (χ4v) is 3.65. The molecular weight excluding hydrogens is 284 g/mol. The van der Waals surface area contributed by atoms with Crippen LogP contribution in [0.25, 0.3) is 0 Å². The largest absolute Gasteiger partial charge is 0.308 e. The van der Waals surface area contributed by atoms with E-state index in [4.69, 9.17) is 11.6 Å². The van der Waals surface area contributed by atoms with Gasteiger partial charge in [0.05, 0.1) is 6.04 Å². The van der Waals surface area contributed by atoms with Crippen LogP contribution in [0, 0.1) is 0 Å². The van der Waals surface area contributed by atoms with Crippen molar-refractivity contribution in [3.8, 4) is 0 Å². The maximum absolute atomic E-state index is 13.0. The molecule has 0 bridgehead atoms. The average molecular weight is 307 g/mol. The van der Waals surface area contributed by atoms with Crippen LogP contribution in [0.15, 0.2) is 24.3 Å². The lowest BCUT2D eigenvalue weighted by Gasteiger charge is -2.36. The van der Waals surface area contributed by atoms with Gasteiger partial charge in [-0.3, -0.25) is 4.79 Å². The number of amides is 1. The first-order valence-electron chi connectivity index (χ1n) is 8.08. The highest BCUT2D eigenvalue weighted by Crippen LogP contribution is 2.29. The molecule has 21 heavy (non-hydrogen) atoms. The fraction of sp³-hybridized carbons (Fsp3) is 0.588. The Morgan fingerprint density at radius 1 is 1.05 bits per heavy atom. The molecule has 1 aliphatic heterocycles. The maximum Gasteiger partial charge on any atom is 0.244 e. The molecule has 1 saturated carbocycles. The van der Waals surface area contributed by atoms with Crippen LogP contribution in [0.3, 0.4) is 0 Å². The topological polar surface area (TPSA) is 32.3 Å². The van der Waals surface area contributed by atoms with Crippen molar-refractivity contribution >= 4 is 23.2 Å². The van der Waals surface area contributed by atoms with Crippen LogP contribution in [0.5, 0.6) is 0 Å². The standard InChI is InChI=1S/C17H23ClN2O/c18-13-8-10-15(11-9-13)20(14-5-2-1-3-6-14)17(21)16-7-4-12-19-16/h8-11,14,16,19H,1-7,12H2/t16-/m0/s1. The molecule has 3 nitrogen and oxygen atoms in total. The van der Waals surface area contributed by atoms with Gasteiger partial charge in [-0.1, -0.05) is 30.9 Å². The van der Waals surface area contributed by atoms with Gasteiger partial charge in [0.2, 0.25) is 5.91 Å². The van der Waals surface area contributed by atoms with E-state index in [-0.39, 0.29) is 11.9 Å². The fourth-order valence-electron chi connectivity index (χ4n) is 3.52. The summed E-state index contributed by atoms with van der Waals surface area (Å²) in [4.78, 5) is 15.0. The van der Waals surface area contributed by atoms with Crippen molar-refractivity contribution in [3.05, 3.63) is 29.3 Å². The van der Waals surface area contributed by atoms with Crippen LogP contribution in [-0.4, -0.2) is 24.5 Å². The van der Waals surface area contributed by atoms with E-state index in [1.165, 1.54) is 19.3 Å². The second-order valence-corrected chi connectivity index (χ2v) is 6.56. The number of anilines is 1. The first-order valence-corrected chi connectivity index (χ1v) is 8.45. The molecule has 1 aromatic rings. The van der Waals surface area contributed by atoms with Crippen molar-refractivity contribution in [2.24, 2.45) is 0 Å². The predicted octanol–water partition coefficient (Wildman–Crippen LogP) is 3.76. The van der Waals surface area contributed by atoms with E-state index >= 15 is 0 Å². The minimum absolute atomic E-state index is 0.0115. The minimum Gasteiger partial charge on any atom is -0.308 e. The van der Waals surface area contributed by atoms with Crippen molar-refractivity contribution in [1.29, 1.82) is 0 Å². The van der Waals surface area contributed by atoms with Crippen molar-refractivity contribution in [2.45, 2.75) is 57.0 Å². The number of carbonyl (C=O) groups excluding carboxylic acids is 1. The lowest BCUT2D eigenvalue weighted by atomic mass is 9.93. The van der Waals surface area contributed by atoms with Gasteiger partial charge >= 0.3 is 0 Å². The lowest BCUT2D eigenvalue weighted by Crippen LogP contribution is -2.49. The molecular formula is C17H23ClN2O. The lowest BCUT2D eigenvalue weighted by molar-refractivity contribution is -0.120. The van der Waals surface area contributed by atoms with Crippen LogP contribution >= 0.6 is 11.6 Å². The Balaban J connectivity index is 1.85. The Bertz CT molecular complexity index is 476. The summed E-state index contributed by atoms with van der Waals surface area (Å²) in [5.41, 5.74) is 0.991. The van der Waals surface area contributed by atoms with Crippen LogP contribution in [0.1, 0.15) is 44.9 Å². The minimum atomic E-state index is -0.0115. The highest BCUT2D eigenvalue weighted by atomic mass is 35.5. The Morgan fingerprint density at radius 3 is 2.38 bits per heavy atom. The molecule has 0 spiro atoms. The third-order valence-electron chi connectivity index (χ3n) is 4.64. The maximum atomic E-state index is 13.0. The van der Waals surface area contributed by atoms with Crippen LogP contribution in [-0.2, 0) is 4.79 Å². The molecule has 1 amide bonds. The number of hydrogen-bond acceptors (Lipinski definition) is 2. The summed E-state index contributed by atoms with van der Waals surface area (Å²) >= 11 is 5.99. The zero-order valence-electron chi connectivity index (χ0n) is 12.4. The van der Waals surface area contributed by atoms with Gasteiger partial charge < -0.3 is 10.2 Å². The normalized spacial score (nSPS) is 23.2. The molecule has 1 atom stereocenters. The number of halogens is 1. The summed E-state index contributed by atoms with van der Waals surface area (Å²) < 4.78 is 0. The number of carbonyl (C=O) groups is 1. The van der Waals surface area contributed by atoms with E-state index in [1.54, 1.807) is 0 Å². The van der Waals surface area contributed by atoms with E-state index in [1.807, 2.05) is 29.2 Å². The molecule has 0 unspecified atom stereocenters. The smallest absolute Gasteiger partial charge is 0.244 e. The Morgan fingerprint density at radius 2 is 1.76 bits per heavy atom. The molecule has 4 heteroatoms. The van der Waals surface area contributed by atoms with Crippen LogP contribution in [0.4, 0.5) is 5.69 Å². The summed E-state index contributed by atoms with van der Waals surface area (Å²) in [5.74, 6) is 0.238. The predicted molar refractivity (Wildman–Crippen MR) is 86.8 cm³/mol. The summed E-state index contributed by atoms with van der Waals surface area (Å²) in [6.45, 7) is 0.954. The third-order valence-corrected chi connectivity index (χ3v) is 4.89. The van der Waals surface area contributed by atoms with Crippen molar-refractivity contribution in [1.82, 2.24) is 5.32 Å². The molecule has 0 radical (unpaired) electrons. The second kappa shape index (κ2) is 6.80. The number of hydrogen-bond donors (Lipinski definition) is 1. The van der Waals surface area contributed by atoms with Crippen LogP contribution in [0.2, 0.25) is 5.02 Å². The van der Waals surface area contributed by atoms with Gasteiger partial charge in [-0.05, 0) is 56.5 Å². The second-order valence-electron chi connectivity index (χ2n) is 6.13. The van der Waals surface area contributed by atoms with Gasteiger partial charge in [0.15, 0.2) is 0 Å². The monoisotopic (exact) mass is 306 g/mol. The molecule has 2 fully saturated rings. The molecule has 1 saturated heterocycles. The van der Waals surface area contributed by atoms with Gasteiger partial charge in [-0.15, -0.1) is 0 Å². The van der Waals surface area contributed by atoms with Crippen molar-refractivity contribution in [2.75, 3.05) is 11.4 Å². The van der Waals surface area contributed by atoms with Gasteiger partial charge in [-0.2, -0.15) is 0 Å². The zero-order valence-corrected chi connectivity index (χ0v) is 13.1. The van der Waals surface area contributed by atoms with Gasteiger partial charge in [0, 0.05) is 16.8 Å². The summed E-state index contributed by atoms with van der Waals surface area (Å²) in [6.07, 6.45) is 8.01. The van der Waals surface area contributed by atoms with Crippen molar-refractivity contribution < 1.29 is 4.79 Å². The van der Waals surface area contributed by atoms with E-state index in [0.29, 0.717) is 11.1 Å². The summed E-state index contributed by atoms with van der Waals surface area (Å²) in [7, 11) is 0. The van der Waals surface area contributed by atoms with Gasteiger partial charge in [0.1, 0.15) is 0 Å². The van der Waals surface area contributed by atoms with Gasteiger partial charge in [-0.25, -0.2) is 0 Å². The molecule has 3 rings (SSSR count). The molecule has 1 aliphatic carbocycles. The molecule has 0 aromatic heterocycles. The van der Waals surface area contributed by atoms with Crippen molar-refractivity contribution in [3.63, 3.8) is 0 Å². The average Bonchev–Trinajstić information content (AvgIpc) is 3.05. The number of nitrogens with zero attached hydrogens (tertiary/aromatic N) is 1. The first-order chi connectivity index (χ1) is 10.3.